The van der Waals surface area contributed by atoms with Crippen molar-refractivity contribution in [2.24, 2.45) is 0 Å². The highest BCUT2D eigenvalue weighted by Gasteiger charge is 2.17. The summed E-state index contributed by atoms with van der Waals surface area (Å²) in [6.07, 6.45) is 0.852. The van der Waals surface area contributed by atoms with E-state index in [0.717, 1.165) is 19.5 Å². The highest BCUT2D eigenvalue weighted by atomic mass is 16.5. The number of benzene rings is 2. The van der Waals surface area contributed by atoms with E-state index in [1.807, 2.05) is 18.2 Å². The molecule has 0 fully saturated rings. The third kappa shape index (κ3) is 5.89. The van der Waals surface area contributed by atoms with E-state index < -0.39 is 0 Å². The Morgan fingerprint density at radius 3 is 2.22 bits per heavy atom. The number of carbonyl (C=O) groups is 1. The van der Waals surface area contributed by atoms with Gasteiger partial charge < -0.3 is 24.4 Å². The number of nitrogens with one attached hydrogen (secondary N) is 1. The van der Waals surface area contributed by atoms with Crippen LogP contribution in [0.1, 0.15) is 22.3 Å². The molecule has 6 nitrogen and oxygen atoms in total. The van der Waals surface area contributed by atoms with Crippen LogP contribution < -0.4 is 19.5 Å². The van der Waals surface area contributed by atoms with Crippen molar-refractivity contribution in [3.8, 4) is 17.2 Å². The first kappa shape index (κ1) is 20.6. The summed E-state index contributed by atoms with van der Waals surface area (Å²) in [5, 5.41) is 2.94. The number of ether oxygens (including phenoxy) is 3. The average Bonchev–Trinajstić information content (AvgIpc) is 2.70. The van der Waals surface area contributed by atoms with Gasteiger partial charge in [-0.2, -0.15) is 0 Å². The number of carbonyl (C=O) groups excluding carboxylic acids is 1. The lowest BCUT2D eigenvalue weighted by atomic mass is 10.1. The minimum Gasteiger partial charge on any atom is -0.496 e. The van der Waals surface area contributed by atoms with Crippen molar-refractivity contribution in [1.82, 2.24) is 10.2 Å². The molecule has 0 saturated carbocycles. The second-order valence-corrected chi connectivity index (χ2v) is 6.24. The van der Waals surface area contributed by atoms with E-state index >= 15 is 0 Å². The molecule has 0 bridgehead atoms. The fourth-order valence-corrected chi connectivity index (χ4v) is 2.83. The van der Waals surface area contributed by atoms with Crippen molar-refractivity contribution in [3.05, 3.63) is 53.6 Å². The summed E-state index contributed by atoms with van der Waals surface area (Å²) in [5.74, 6) is 1.27. The summed E-state index contributed by atoms with van der Waals surface area (Å²) in [5.41, 5.74) is 1.70. The molecule has 0 atom stereocenters. The zero-order valence-electron chi connectivity index (χ0n) is 16.5. The fraction of sp³-hybridized carbons (Fsp3) is 0.381. The van der Waals surface area contributed by atoms with Crippen LogP contribution in [0.15, 0.2) is 42.5 Å². The second-order valence-electron chi connectivity index (χ2n) is 6.24. The van der Waals surface area contributed by atoms with Crippen LogP contribution in [0.2, 0.25) is 0 Å². The summed E-state index contributed by atoms with van der Waals surface area (Å²) in [6.45, 7) is 2.35. The molecular weight excluding hydrogens is 344 g/mol. The first-order valence-electron chi connectivity index (χ1n) is 8.89. The van der Waals surface area contributed by atoms with E-state index in [1.54, 1.807) is 19.2 Å². The van der Waals surface area contributed by atoms with Crippen LogP contribution in [0, 0.1) is 0 Å². The van der Waals surface area contributed by atoms with Gasteiger partial charge in [0.25, 0.3) is 5.91 Å². The maximum Gasteiger partial charge on any atom is 0.255 e. The highest BCUT2D eigenvalue weighted by molar-refractivity contribution is 5.97. The standard InChI is InChI=1S/C21H28N2O4/c1-23(15-16-9-6-5-7-10-16)12-8-11-22-21(24)17-13-19(26-3)20(27-4)14-18(17)25-2/h5-7,9-10,13-14H,8,11-12,15H2,1-4H3,(H,22,24). The van der Waals surface area contributed by atoms with Crippen molar-refractivity contribution in [3.63, 3.8) is 0 Å². The van der Waals surface area contributed by atoms with Gasteiger partial charge in [0.15, 0.2) is 11.5 Å². The molecule has 2 aromatic rings. The lowest BCUT2D eigenvalue weighted by Crippen LogP contribution is -2.28. The molecule has 27 heavy (non-hydrogen) atoms. The van der Waals surface area contributed by atoms with E-state index in [0.29, 0.717) is 29.4 Å². The minimum atomic E-state index is -0.196. The first-order valence-corrected chi connectivity index (χ1v) is 8.89. The molecule has 0 saturated heterocycles. The molecule has 6 heteroatoms. The van der Waals surface area contributed by atoms with Crippen molar-refractivity contribution >= 4 is 5.91 Å². The number of rotatable bonds is 10. The van der Waals surface area contributed by atoms with Gasteiger partial charge in [0.1, 0.15) is 5.75 Å². The van der Waals surface area contributed by atoms with E-state index in [4.69, 9.17) is 14.2 Å². The molecular formula is C21H28N2O4. The Labute approximate surface area is 161 Å². The molecule has 0 unspecified atom stereocenters. The van der Waals surface area contributed by atoms with Crippen LogP contribution in [-0.2, 0) is 6.54 Å². The molecule has 1 amide bonds. The summed E-state index contributed by atoms with van der Waals surface area (Å²) >= 11 is 0. The molecule has 0 aromatic heterocycles. The minimum absolute atomic E-state index is 0.196. The molecule has 0 aliphatic rings. The lowest BCUT2D eigenvalue weighted by molar-refractivity contribution is 0.0948. The van der Waals surface area contributed by atoms with Crippen LogP contribution in [0.3, 0.4) is 0 Å². The van der Waals surface area contributed by atoms with Gasteiger partial charge in [0, 0.05) is 25.2 Å². The Morgan fingerprint density at radius 2 is 1.59 bits per heavy atom. The Kier molecular flexibility index (Phi) is 7.95. The summed E-state index contributed by atoms with van der Waals surface area (Å²) in [6, 6.07) is 13.6. The van der Waals surface area contributed by atoms with Crippen LogP contribution in [-0.4, -0.2) is 52.3 Å². The number of nitrogens with zero attached hydrogens (tertiary/aromatic N) is 1. The molecule has 2 rings (SSSR count). The third-order valence-electron chi connectivity index (χ3n) is 4.25. The maximum atomic E-state index is 12.5. The SMILES string of the molecule is COc1cc(OC)c(C(=O)NCCCN(C)Cc2ccccc2)cc1OC. The predicted octanol–water partition coefficient (Wildman–Crippen LogP) is 2.96. The Morgan fingerprint density at radius 1 is 0.963 bits per heavy atom. The Bertz CT molecular complexity index is 734. The van der Waals surface area contributed by atoms with Crippen LogP contribution >= 0.6 is 0 Å². The number of hydrogen-bond donors (Lipinski definition) is 1. The molecule has 0 aliphatic carbocycles. The van der Waals surface area contributed by atoms with E-state index in [2.05, 4.69) is 29.4 Å². The monoisotopic (exact) mass is 372 g/mol. The zero-order valence-corrected chi connectivity index (χ0v) is 16.5. The van der Waals surface area contributed by atoms with E-state index in [9.17, 15) is 4.79 Å². The van der Waals surface area contributed by atoms with Gasteiger partial charge in [-0.3, -0.25) is 4.79 Å². The highest BCUT2D eigenvalue weighted by Crippen LogP contribution is 2.34. The third-order valence-corrected chi connectivity index (χ3v) is 4.25. The van der Waals surface area contributed by atoms with Gasteiger partial charge in [-0.1, -0.05) is 30.3 Å². The van der Waals surface area contributed by atoms with Gasteiger partial charge in [-0.25, -0.2) is 0 Å². The lowest BCUT2D eigenvalue weighted by Gasteiger charge is -2.17. The molecule has 0 spiro atoms. The Hall–Kier alpha value is -2.73. The first-order chi connectivity index (χ1) is 13.1. The molecule has 1 N–H and O–H groups in total. The zero-order chi connectivity index (χ0) is 19.6. The van der Waals surface area contributed by atoms with Gasteiger partial charge in [-0.05, 0) is 25.6 Å². The van der Waals surface area contributed by atoms with Gasteiger partial charge >= 0.3 is 0 Å². The van der Waals surface area contributed by atoms with Crippen LogP contribution in [0.5, 0.6) is 17.2 Å². The quantitative estimate of drug-likeness (QED) is 0.650. The van der Waals surface area contributed by atoms with E-state index in [1.165, 1.54) is 19.8 Å². The predicted molar refractivity (Wildman–Crippen MR) is 106 cm³/mol. The van der Waals surface area contributed by atoms with E-state index in [-0.39, 0.29) is 5.91 Å². The molecule has 0 heterocycles. The maximum absolute atomic E-state index is 12.5. The largest absolute Gasteiger partial charge is 0.496 e. The van der Waals surface area contributed by atoms with Crippen LogP contribution in [0.4, 0.5) is 0 Å². The number of hydrogen-bond acceptors (Lipinski definition) is 5. The molecule has 0 radical (unpaired) electrons. The summed E-state index contributed by atoms with van der Waals surface area (Å²) in [7, 11) is 6.68. The number of amides is 1. The van der Waals surface area contributed by atoms with Crippen molar-refractivity contribution in [2.75, 3.05) is 41.5 Å². The van der Waals surface area contributed by atoms with Gasteiger partial charge in [0.2, 0.25) is 0 Å². The topological polar surface area (TPSA) is 60.0 Å². The smallest absolute Gasteiger partial charge is 0.255 e. The van der Waals surface area contributed by atoms with Gasteiger partial charge in [-0.15, -0.1) is 0 Å². The summed E-state index contributed by atoms with van der Waals surface area (Å²) < 4.78 is 15.8. The number of methoxy groups -OCH3 is 3. The van der Waals surface area contributed by atoms with Crippen molar-refractivity contribution in [1.29, 1.82) is 0 Å². The average molecular weight is 372 g/mol. The van der Waals surface area contributed by atoms with Crippen molar-refractivity contribution < 1.29 is 19.0 Å². The molecule has 146 valence electrons. The van der Waals surface area contributed by atoms with Crippen LogP contribution in [0.25, 0.3) is 0 Å². The molecule has 0 aliphatic heterocycles. The van der Waals surface area contributed by atoms with Crippen molar-refractivity contribution in [2.45, 2.75) is 13.0 Å². The molecule has 2 aromatic carbocycles. The normalized spacial score (nSPS) is 10.6. The summed E-state index contributed by atoms with van der Waals surface area (Å²) in [4.78, 5) is 14.8. The second kappa shape index (κ2) is 10.4. The van der Waals surface area contributed by atoms with Gasteiger partial charge in [0.05, 0.1) is 26.9 Å². The fourth-order valence-electron chi connectivity index (χ4n) is 2.83. The Balaban J connectivity index is 1.86.